The number of nitrogens with one attached hydrogen (secondary N) is 1. The van der Waals surface area contributed by atoms with Crippen LogP contribution in [0.3, 0.4) is 0 Å². The van der Waals surface area contributed by atoms with Gasteiger partial charge in [-0.15, -0.1) is 0 Å². The first-order valence-corrected chi connectivity index (χ1v) is 4.09. The maximum Gasteiger partial charge on any atom is 0.416 e. The molecule has 0 bridgehead atoms. The molecular formula is C8H10F3N3O. The molecule has 4 nitrogen and oxygen atoms in total. The average molecular weight is 221 g/mol. The van der Waals surface area contributed by atoms with E-state index in [2.05, 4.69) is 10.3 Å². The highest BCUT2D eigenvalue weighted by Gasteiger charge is 2.37. The lowest BCUT2D eigenvalue weighted by Gasteiger charge is -2.15. The first kappa shape index (κ1) is 11.6. The van der Waals surface area contributed by atoms with Gasteiger partial charge in [0.05, 0.1) is 17.6 Å². The maximum absolute atomic E-state index is 11.9. The number of aliphatic hydroxyl groups excluding tert-OH is 1. The lowest BCUT2D eigenvalue weighted by molar-refractivity contribution is -0.198. The average Bonchev–Trinajstić information content (AvgIpc) is 2.12. The number of halogens is 3. The lowest BCUT2D eigenvalue weighted by Crippen LogP contribution is -2.35. The zero-order valence-corrected chi connectivity index (χ0v) is 7.62. The van der Waals surface area contributed by atoms with Crippen LogP contribution in [0.15, 0.2) is 18.5 Å². The van der Waals surface area contributed by atoms with E-state index in [0.717, 1.165) is 0 Å². The molecular weight excluding hydrogens is 211 g/mol. The van der Waals surface area contributed by atoms with Gasteiger partial charge in [-0.1, -0.05) is 0 Å². The molecule has 0 amide bonds. The van der Waals surface area contributed by atoms with Gasteiger partial charge in [0.25, 0.3) is 0 Å². The van der Waals surface area contributed by atoms with Gasteiger partial charge in [-0.05, 0) is 6.07 Å². The minimum atomic E-state index is -4.62. The summed E-state index contributed by atoms with van der Waals surface area (Å²) in [5, 5.41) is 11.1. The van der Waals surface area contributed by atoms with Gasteiger partial charge in [0.1, 0.15) is 0 Å². The number of hydrogen-bond acceptors (Lipinski definition) is 4. The van der Waals surface area contributed by atoms with Crippen LogP contribution in [0.2, 0.25) is 0 Å². The molecule has 1 atom stereocenters. The quantitative estimate of drug-likeness (QED) is 0.712. The molecule has 0 aliphatic carbocycles. The molecule has 1 heterocycles. The number of hydrogen-bond donors (Lipinski definition) is 3. The molecule has 0 aliphatic heterocycles. The smallest absolute Gasteiger partial charge is 0.397 e. The molecule has 0 spiro atoms. The van der Waals surface area contributed by atoms with Gasteiger partial charge in [0.2, 0.25) is 0 Å². The van der Waals surface area contributed by atoms with Crippen molar-refractivity contribution in [3.63, 3.8) is 0 Å². The zero-order valence-electron chi connectivity index (χ0n) is 7.62. The molecule has 1 unspecified atom stereocenters. The fourth-order valence-corrected chi connectivity index (χ4v) is 0.885. The topological polar surface area (TPSA) is 71.2 Å². The van der Waals surface area contributed by atoms with Crippen molar-refractivity contribution < 1.29 is 18.3 Å². The van der Waals surface area contributed by atoms with Crippen LogP contribution in [0.5, 0.6) is 0 Å². The molecule has 0 aromatic carbocycles. The van der Waals surface area contributed by atoms with Gasteiger partial charge < -0.3 is 16.2 Å². The van der Waals surface area contributed by atoms with E-state index in [9.17, 15) is 13.2 Å². The molecule has 0 aliphatic rings. The Bertz CT molecular complexity index is 329. The molecule has 1 aromatic rings. The maximum atomic E-state index is 11.9. The van der Waals surface area contributed by atoms with E-state index in [1.807, 2.05) is 0 Å². The first-order valence-electron chi connectivity index (χ1n) is 4.09. The molecule has 0 fully saturated rings. The van der Waals surface area contributed by atoms with E-state index >= 15 is 0 Å². The van der Waals surface area contributed by atoms with Crippen molar-refractivity contribution in [2.75, 3.05) is 17.6 Å². The third-order valence-corrected chi connectivity index (χ3v) is 1.64. The Balaban J connectivity index is 2.51. The Morgan fingerprint density at radius 2 is 2.13 bits per heavy atom. The lowest BCUT2D eigenvalue weighted by atomic mass is 10.3. The molecule has 1 aromatic heterocycles. The van der Waals surface area contributed by atoms with Gasteiger partial charge >= 0.3 is 6.18 Å². The van der Waals surface area contributed by atoms with Crippen LogP contribution >= 0.6 is 0 Å². The molecule has 0 saturated carbocycles. The largest absolute Gasteiger partial charge is 0.416 e. The monoisotopic (exact) mass is 221 g/mol. The highest BCUT2D eigenvalue weighted by atomic mass is 19.4. The fourth-order valence-electron chi connectivity index (χ4n) is 0.885. The van der Waals surface area contributed by atoms with Gasteiger partial charge in [-0.25, -0.2) is 0 Å². The summed E-state index contributed by atoms with van der Waals surface area (Å²) < 4.78 is 35.7. The Labute approximate surface area is 83.9 Å². The predicted octanol–water partition coefficient (Wildman–Crippen LogP) is 0.999. The second-order valence-corrected chi connectivity index (χ2v) is 2.95. The van der Waals surface area contributed by atoms with Crippen LogP contribution in [0, 0.1) is 0 Å². The van der Waals surface area contributed by atoms with Crippen LogP contribution in [0.1, 0.15) is 0 Å². The highest BCUT2D eigenvalue weighted by molar-refractivity contribution is 5.51. The number of alkyl halides is 3. The Morgan fingerprint density at radius 3 is 2.67 bits per heavy atom. The van der Waals surface area contributed by atoms with Crippen molar-refractivity contribution in [2.24, 2.45) is 0 Å². The van der Waals surface area contributed by atoms with Crippen LogP contribution in [-0.4, -0.2) is 28.9 Å². The summed E-state index contributed by atoms with van der Waals surface area (Å²) in [4.78, 5) is 3.67. The number of nitrogen functional groups attached to an aromatic ring is 1. The summed E-state index contributed by atoms with van der Waals surface area (Å²) in [5.74, 6) is 0. The summed E-state index contributed by atoms with van der Waals surface area (Å²) in [7, 11) is 0. The normalized spacial score (nSPS) is 13.6. The molecule has 1 rings (SSSR count). The minimum Gasteiger partial charge on any atom is -0.397 e. The number of nitrogens with zero attached hydrogens (tertiary/aromatic N) is 1. The van der Waals surface area contributed by atoms with E-state index < -0.39 is 18.8 Å². The number of pyridine rings is 1. The third kappa shape index (κ3) is 3.62. The highest BCUT2D eigenvalue weighted by Crippen LogP contribution is 2.20. The molecule has 84 valence electrons. The van der Waals surface area contributed by atoms with Crippen molar-refractivity contribution in [3.05, 3.63) is 18.5 Å². The van der Waals surface area contributed by atoms with Gasteiger partial charge in [0.15, 0.2) is 6.10 Å². The van der Waals surface area contributed by atoms with Gasteiger partial charge in [0, 0.05) is 12.7 Å². The molecule has 0 radical (unpaired) electrons. The second-order valence-electron chi connectivity index (χ2n) is 2.95. The van der Waals surface area contributed by atoms with Gasteiger partial charge in [-0.2, -0.15) is 13.2 Å². The van der Waals surface area contributed by atoms with Crippen molar-refractivity contribution in [3.8, 4) is 0 Å². The number of aromatic nitrogens is 1. The second kappa shape index (κ2) is 4.35. The fraction of sp³-hybridized carbons (Fsp3) is 0.375. The van der Waals surface area contributed by atoms with Crippen molar-refractivity contribution in [1.29, 1.82) is 0 Å². The summed E-state index contributed by atoms with van der Waals surface area (Å²) >= 11 is 0. The van der Waals surface area contributed by atoms with Crippen LogP contribution in [-0.2, 0) is 0 Å². The minimum absolute atomic E-state index is 0.332. The molecule has 0 saturated heterocycles. The Hall–Kier alpha value is -1.50. The van der Waals surface area contributed by atoms with Crippen LogP contribution in [0.4, 0.5) is 24.5 Å². The molecule has 15 heavy (non-hydrogen) atoms. The summed E-state index contributed by atoms with van der Waals surface area (Å²) in [6.07, 6.45) is -4.34. The SMILES string of the molecule is Nc1cncc(NCC(O)C(F)(F)F)c1. The van der Waals surface area contributed by atoms with E-state index in [4.69, 9.17) is 10.8 Å². The Morgan fingerprint density at radius 1 is 1.47 bits per heavy atom. The van der Waals surface area contributed by atoms with E-state index in [0.29, 0.717) is 11.4 Å². The van der Waals surface area contributed by atoms with Crippen LogP contribution < -0.4 is 11.1 Å². The van der Waals surface area contributed by atoms with E-state index in [1.165, 1.54) is 18.5 Å². The Kier molecular flexibility index (Phi) is 3.35. The van der Waals surface area contributed by atoms with Gasteiger partial charge in [-0.3, -0.25) is 4.98 Å². The molecule has 7 heteroatoms. The predicted molar refractivity (Wildman–Crippen MR) is 49.2 cm³/mol. The summed E-state index contributed by atoms with van der Waals surface area (Å²) in [6.45, 7) is -0.630. The first-order chi connectivity index (χ1) is 6.89. The number of rotatable bonds is 3. The number of anilines is 2. The molecule has 4 N–H and O–H groups in total. The zero-order chi connectivity index (χ0) is 11.5. The van der Waals surface area contributed by atoms with E-state index in [-0.39, 0.29) is 0 Å². The number of nitrogens with two attached hydrogens (primary N) is 1. The van der Waals surface area contributed by atoms with E-state index in [1.54, 1.807) is 0 Å². The van der Waals surface area contributed by atoms with Crippen LogP contribution in [0.25, 0.3) is 0 Å². The van der Waals surface area contributed by atoms with Crippen molar-refractivity contribution in [2.45, 2.75) is 12.3 Å². The van der Waals surface area contributed by atoms with Crippen molar-refractivity contribution in [1.82, 2.24) is 4.98 Å². The third-order valence-electron chi connectivity index (χ3n) is 1.64. The standard InChI is InChI=1S/C8H10F3N3O/c9-8(10,11)7(15)4-14-6-1-5(12)2-13-3-6/h1-3,7,14-15H,4,12H2. The number of aliphatic hydroxyl groups is 1. The summed E-state index contributed by atoms with van der Waals surface area (Å²) in [5.41, 5.74) is 6.03. The van der Waals surface area contributed by atoms with Crippen molar-refractivity contribution >= 4 is 11.4 Å². The summed E-state index contributed by atoms with van der Waals surface area (Å²) in [6, 6.07) is 1.43.